The van der Waals surface area contributed by atoms with Gasteiger partial charge in [0.2, 0.25) is 5.91 Å². The molecule has 1 aliphatic heterocycles. The van der Waals surface area contributed by atoms with Gasteiger partial charge in [-0.3, -0.25) is 9.48 Å². The molecule has 3 heterocycles. The van der Waals surface area contributed by atoms with E-state index < -0.39 is 9.84 Å². The Hall–Kier alpha value is -3.08. The first-order chi connectivity index (χ1) is 13.8. The quantitative estimate of drug-likeness (QED) is 0.659. The minimum atomic E-state index is -3.00. The van der Waals surface area contributed by atoms with Crippen molar-refractivity contribution in [3.05, 3.63) is 47.5 Å². The molecule has 1 unspecified atom stereocenters. The van der Waals surface area contributed by atoms with E-state index in [0.29, 0.717) is 12.1 Å². The fourth-order valence-electron chi connectivity index (χ4n) is 3.62. The van der Waals surface area contributed by atoms with Gasteiger partial charge in [-0.2, -0.15) is 5.10 Å². The Morgan fingerprint density at radius 2 is 2.00 bits per heavy atom. The summed E-state index contributed by atoms with van der Waals surface area (Å²) in [6.45, 7) is 3.73. The fraction of sp³-hybridized carbons (Fsp3) is 0.389. The van der Waals surface area contributed by atoms with Crippen LogP contribution < -0.4 is 5.32 Å². The van der Waals surface area contributed by atoms with Crippen LogP contribution in [0.1, 0.15) is 29.4 Å². The number of aryl methyl sites for hydroxylation is 1. The van der Waals surface area contributed by atoms with Crippen molar-refractivity contribution in [2.45, 2.75) is 32.7 Å². The maximum absolute atomic E-state index is 12.6. The number of aromatic nitrogens is 6. The molecule has 10 nitrogen and oxygen atoms in total. The first-order valence-corrected chi connectivity index (χ1v) is 11.0. The molecule has 1 fully saturated rings. The largest absolute Gasteiger partial charge is 0.326 e. The third-order valence-electron chi connectivity index (χ3n) is 5.13. The molecule has 0 radical (unpaired) electrons. The van der Waals surface area contributed by atoms with Gasteiger partial charge in [-0.1, -0.05) is 0 Å². The lowest BCUT2D eigenvalue weighted by molar-refractivity contribution is -0.115. The Morgan fingerprint density at radius 1 is 1.24 bits per heavy atom. The zero-order chi connectivity index (χ0) is 20.6. The maximum Gasteiger partial charge on any atom is 0.228 e. The summed E-state index contributed by atoms with van der Waals surface area (Å²) in [5.41, 5.74) is 3.87. The number of nitrogens with zero attached hydrogens (tertiary/aromatic N) is 6. The number of carbonyl (C=O) groups is 1. The first kappa shape index (κ1) is 19.2. The van der Waals surface area contributed by atoms with Crippen LogP contribution in [0.15, 0.2) is 30.6 Å². The van der Waals surface area contributed by atoms with E-state index in [0.717, 1.165) is 22.6 Å². The monoisotopic (exact) mass is 415 g/mol. The van der Waals surface area contributed by atoms with Crippen LogP contribution in [-0.4, -0.2) is 55.8 Å². The number of amides is 1. The average Bonchev–Trinajstić information content (AvgIpc) is 3.39. The number of carbonyl (C=O) groups excluding carboxylic acids is 1. The lowest BCUT2D eigenvalue weighted by Gasteiger charge is -2.11. The summed E-state index contributed by atoms with van der Waals surface area (Å²) in [6.07, 6.45) is 2.22. The van der Waals surface area contributed by atoms with E-state index in [1.807, 2.05) is 13.8 Å². The van der Waals surface area contributed by atoms with Gasteiger partial charge in [-0.15, -0.1) is 5.10 Å². The van der Waals surface area contributed by atoms with E-state index in [-0.39, 0.29) is 29.9 Å². The van der Waals surface area contributed by atoms with Gasteiger partial charge in [0.25, 0.3) is 0 Å². The van der Waals surface area contributed by atoms with Crippen LogP contribution in [0.3, 0.4) is 0 Å². The second-order valence-electron chi connectivity index (χ2n) is 7.18. The summed E-state index contributed by atoms with van der Waals surface area (Å²) < 4.78 is 26.9. The first-order valence-electron chi connectivity index (χ1n) is 9.21. The summed E-state index contributed by atoms with van der Waals surface area (Å²) in [4.78, 5) is 12.6. The van der Waals surface area contributed by atoms with Crippen LogP contribution in [0.4, 0.5) is 5.69 Å². The van der Waals surface area contributed by atoms with Crippen molar-refractivity contribution in [3.8, 4) is 5.69 Å². The van der Waals surface area contributed by atoms with Crippen LogP contribution >= 0.6 is 0 Å². The van der Waals surface area contributed by atoms with Gasteiger partial charge in [0, 0.05) is 16.9 Å². The molecule has 29 heavy (non-hydrogen) atoms. The molecule has 4 rings (SSSR count). The molecule has 11 heteroatoms. The predicted octanol–water partition coefficient (Wildman–Crippen LogP) is 1.02. The van der Waals surface area contributed by atoms with Gasteiger partial charge < -0.3 is 5.32 Å². The zero-order valence-corrected chi connectivity index (χ0v) is 16.9. The van der Waals surface area contributed by atoms with Crippen molar-refractivity contribution in [2.75, 3.05) is 16.8 Å². The Labute approximate surface area is 167 Å². The number of hydrogen-bond donors (Lipinski definition) is 1. The van der Waals surface area contributed by atoms with Crippen molar-refractivity contribution in [3.63, 3.8) is 0 Å². The summed E-state index contributed by atoms with van der Waals surface area (Å²) >= 11 is 0. The van der Waals surface area contributed by atoms with E-state index >= 15 is 0 Å². The molecule has 1 aliphatic rings. The standard InChI is InChI=1S/C18H21N7O3S/c1-12-17(13(2)25(21-12)16-7-8-29(27,28)10-16)9-18(26)20-14-3-5-15(6-4-14)24-11-19-22-23-24/h3-6,11,16H,7-10H2,1-2H3,(H,20,26). The third-order valence-corrected chi connectivity index (χ3v) is 6.88. The highest BCUT2D eigenvalue weighted by Crippen LogP contribution is 2.27. The number of sulfone groups is 1. The number of anilines is 1. The SMILES string of the molecule is Cc1nn(C2CCS(=O)(=O)C2)c(C)c1CC(=O)Nc1ccc(-n2cnnn2)cc1. The second kappa shape index (κ2) is 7.39. The van der Waals surface area contributed by atoms with Crippen LogP contribution in [-0.2, 0) is 21.1 Å². The molecule has 1 amide bonds. The van der Waals surface area contributed by atoms with Crippen LogP contribution in [0, 0.1) is 13.8 Å². The Morgan fingerprint density at radius 3 is 2.62 bits per heavy atom. The van der Waals surface area contributed by atoms with Gasteiger partial charge in [0.1, 0.15) is 6.33 Å². The Balaban J connectivity index is 1.45. The van der Waals surface area contributed by atoms with Gasteiger partial charge in [0.05, 0.1) is 35.3 Å². The van der Waals surface area contributed by atoms with Gasteiger partial charge in [-0.25, -0.2) is 13.1 Å². The summed E-state index contributed by atoms with van der Waals surface area (Å²) in [7, 11) is -3.00. The molecule has 0 spiro atoms. The third kappa shape index (κ3) is 4.04. The molecule has 0 aliphatic carbocycles. The molecule has 2 aromatic heterocycles. The van der Waals surface area contributed by atoms with Crippen molar-refractivity contribution in [2.24, 2.45) is 0 Å². The highest BCUT2D eigenvalue weighted by molar-refractivity contribution is 7.91. The number of benzene rings is 1. The van der Waals surface area contributed by atoms with Gasteiger partial charge in [0.15, 0.2) is 9.84 Å². The minimum absolute atomic E-state index is 0.105. The van der Waals surface area contributed by atoms with Crippen molar-refractivity contribution in [1.82, 2.24) is 30.0 Å². The molecule has 1 saturated heterocycles. The molecular weight excluding hydrogens is 394 g/mol. The minimum Gasteiger partial charge on any atom is -0.326 e. The van der Waals surface area contributed by atoms with E-state index in [9.17, 15) is 13.2 Å². The van der Waals surface area contributed by atoms with Gasteiger partial charge in [-0.05, 0) is 55.0 Å². The molecule has 1 N–H and O–H groups in total. The lowest BCUT2D eigenvalue weighted by Crippen LogP contribution is -2.16. The van der Waals surface area contributed by atoms with E-state index in [2.05, 4.69) is 25.9 Å². The summed E-state index contributed by atoms with van der Waals surface area (Å²) in [5.74, 6) is 0.130. The number of hydrogen-bond acceptors (Lipinski definition) is 7. The van der Waals surface area contributed by atoms with E-state index in [1.165, 1.54) is 11.0 Å². The Bertz CT molecular complexity index is 1140. The fourth-order valence-corrected chi connectivity index (χ4v) is 5.31. The highest BCUT2D eigenvalue weighted by atomic mass is 32.2. The molecule has 0 saturated carbocycles. The molecular formula is C18H21N7O3S. The zero-order valence-electron chi connectivity index (χ0n) is 16.1. The van der Waals surface area contributed by atoms with E-state index in [4.69, 9.17) is 0 Å². The topological polar surface area (TPSA) is 125 Å². The second-order valence-corrected chi connectivity index (χ2v) is 9.41. The van der Waals surface area contributed by atoms with Gasteiger partial charge >= 0.3 is 0 Å². The molecule has 152 valence electrons. The number of nitrogens with one attached hydrogen (secondary N) is 1. The molecule has 1 aromatic carbocycles. The van der Waals surface area contributed by atoms with Crippen molar-refractivity contribution >= 4 is 21.4 Å². The number of tetrazole rings is 1. The predicted molar refractivity (Wildman–Crippen MR) is 105 cm³/mol. The van der Waals surface area contributed by atoms with Crippen molar-refractivity contribution < 1.29 is 13.2 Å². The molecule has 1 atom stereocenters. The lowest BCUT2D eigenvalue weighted by atomic mass is 10.1. The Kier molecular flexibility index (Phi) is 4.91. The van der Waals surface area contributed by atoms with Crippen molar-refractivity contribution in [1.29, 1.82) is 0 Å². The average molecular weight is 415 g/mol. The smallest absolute Gasteiger partial charge is 0.228 e. The maximum atomic E-state index is 12.6. The normalized spacial score (nSPS) is 18.1. The highest BCUT2D eigenvalue weighted by Gasteiger charge is 2.31. The van der Waals surface area contributed by atoms with E-state index in [1.54, 1.807) is 28.9 Å². The van der Waals surface area contributed by atoms with Crippen LogP contribution in [0.25, 0.3) is 5.69 Å². The summed E-state index contributed by atoms with van der Waals surface area (Å²) in [6, 6.07) is 7.01. The molecule has 3 aromatic rings. The van der Waals surface area contributed by atoms with Crippen LogP contribution in [0.2, 0.25) is 0 Å². The number of rotatable bonds is 5. The molecule has 0 bridgehead atoms. The van der Waals surface area contributed by atoms with Crippen LogP contribution in [0.5, 0.6) is 0 Å². The summed E-state index contributed by atoms with van der Waals surface area (Å²) in [5, 5.41) is 18.4.